The minimum absolute atomic E-state index is 0.0319. The third-order valence-electron chi connectivity index (χ3n) is 4.90. The van der Waals surface area contributed by atoms with Crippen molar-refractivity contribution in [3.8, 4) is 5.75 Å². The minimum Gasteiger partial charge on any atom is -0.484 e. The van der Waals surface area contributed by atoms with Crippen LogP contribution in [0.2, 0.25) is 0 Å². The molecule has 0 saturated carbocycles. The Hall–Kier alpha value is -1.89. The van der Waals surface area contributed by atoms with E-state index in [0.29, 0.717) is 6.54 Å². The molecule has 1 saturated heterocycles. The number of fused-ring (bicyclic) bond motifs is 1. The first-order valence-corrected chi connectivity index (χ1v) is 9.70. The number of benzene rings is 1. The van der Waals surface area contributed by atoms with Gasteiger partial charge in [-0.3, -0.25) is 15.6 Å². The third-order valence-corrected chi connectivity index (χ3v) is 5.76. The minimum atomic E-state index is 0.0319. The van der Waals surface area contributed by atoms with Gasteiger partial charge in [0.1, 0.15) is 5.75 Å². The van der Waals surface area contributed by atoms with Crippen molar-refractivity contribution >= 4 is 17.2 Å². The molecule has 0 atom stereocenters. The van der Waals surface area contributed by atoms with Gasteiger partial charge in [-0.15, -0.1) is 11.3 Å². The first-order valence-electron chi connectivity index (χ1n) is 8.82. The number of nitrogens with one attached hydrogen (secondary N) is 2. The van der Waals surface area contributed by atoms with Crippen molar-refractivity contribution in [1.82, 2.24) is 15.8 Å². The molecule has 1 aromatic heterocycles. The van der Waals surface area contributed by atoms with E-state index >= 15 is 0 Å². The van der Waals surface area contributed by atoms with Crippen LogP contribution in [0.3, 0.4) is 0 Å². The number of thiophene rings is 1. The number of hydrazine groups is 1. The number of carbonyl (C=O) groups is 1. The van der Waals surface area contributed by atoms with Crippen LogP contribution in [0.15, 0.2) is 35.7 Å². The first-order chi connectivity index (χ1) is 12.3. The van der Waals surface area contributed by atoms with Crippen molar-refractivity contribution in [2.45, 2.75) is 31.8 Å². The fourth-order valence-corrected chi connectivity index (χ4v) is 4.23. The Kier molecular flexibility index (Phi) is 5.01. The summed E-state index contributed by atoms with van der Waals surface area (Å²) in [4.78, 5) is 15.9. The van der Waals surface area contributed by atoms with Crippen molar-refractivity contribution < 1.29 is 9.53 Å². The summed E-state index contributed by atoms with van der Waals surface area (Å²) >= 11 is 1.68. The fraction of sp³-hybridized carbons (Fsp3) is 0.421. The first kappa shape index (κ1) is 16.6. The molecule has 132 valence electrons. The maximum Gasteiger partial charge on any atom is 0.261 e. The van der Waals surface area contributed by atoms with E-state index in [2.05, 4.69) is 29.1 Å². The Morgan fingerprint density at radius 2 is 2.04 bits per heavy atom. The zero-order valence-electron chi connectivity index (χ0n) is 14.2. The Morgan fingerprint density at radius 1 is 1.20 bits per heavy atom. The lowest BCUT2D eigenvalue weighted by Gasteiger charge is -2.27. The molecule has 0 unspecified atom stereocenters. The zero-order valence-corrected chi connectivity index (χ0v) is 15.0. The van der Waals surface area contributed by atoms with Gasteiger partial charge in [-0.1, -0.05) is 12.1 Å². The molecule has 2 heterocycles. The quantitative estimate of drug-likeness (QED) is 0.832. The number of aryl methyl sites for hydroxylation is 2. The molecular weight excluding hydrogens is 334 g/mol. The van der Waals surface area contributed by atoms with Gasteiger partial charge in [0.25, 0.3) is 5.91 Å². The number of hydrogen-bond donors (Lipinski definition) is 2. The molecule has 1 fully saturated rings. The molecule has 4 rings (SSSR count). The van der Waals surface area contributed by atoms with Gasteiger partial charge in [-0.25, -0.2) is 0 Å². The number of carbonyl (C=O) groups excluding carboxylic acids is 1. The van der Waals surface area contributed by atoms with Crippen molar-refractivity contribution in [2.24, 2.45) is 0 Å². The molecule has 2 N–H and O–H groups in total. The highest BCUT2D eigenvalue weighted by molar-refractivity contribution is 7.09. The van der Waals surface area contributed by atoms with E-state index in [0.717, 1.165) is 31.7 Å². The van der Waals surface area contributed by atoms with Crippen LogP contribution >= 0.6 is 11.3 Å². The molecule has 6 heteroatoms. The van der Waals surface area contributed by atoms with Gasteiger partial charge in [-0.05, 0) is 54.0 Å². The number of rotatable bonds is 6. The highest BCUT2D eigenvalue weighted by Crippen LogP contribution is 2.26. The predicted molar refractivity (Wildman–Crippen MR) is 98.6 cm³/mol. The monoisotopic (exact) mass is 357 g/mol. The highest BCUT2D eigenvalue weighted by atomic mass is 32.1. The molecule has 0 spiro atoms. The average Bonchev–Trinajstić information content (AvgIpc) is 3.39. The lowest BCUT2D eigenvalue weighted by molar-refractivity contribution is -0.135. The topological polar surface area (TPSA) is 53.6 Å². The Labute approximate surface area is 152 Å². The summed E-state index contributed by atoms with van der Waals surface area (Å²) in [7, 11) is 0. The van der Waals surface area contributed by atoms with E-state index < -0.39 is 0 Å². The lowest BCUT2D eigenvalue weighted by atomic mass is 10.1. The normalized spacial score (nSPS) is 16.8. The summed E-state index contributed by atoms with van der Waals surface area (Å²) in [5, 5.41) is 2.05. The largest absolute Gasteiger partial charge is 0.484 e. The van der Waals surface area contributed by atoms with Crippen molar-refractivity contribution in [3.63, 3.8) is 0 Å². The Bertz CT molecular complexity index is 726. The SMILES string of the molecule is O=C(COc1ccc2c(c1)CCC2)N(Cc1cccs1)C1CNNC1. The molecule has 0 bridgehead atoms. The smallest absolute Gasteiger partial charge is 0.261 e. The summed E-state index contributed by atoms with van der Waals surface area (Å²) in [6, 6.07) is 10.5. The predicted octanol–water partition coefficient (Wildman–Crippen LogP) is 2.12. The second kappa shape index (κ2) is 7.56. The van der Waals surface area contributed by atoms with Crippen molar-refractivity contribution in [2.75, 3.05) is 19.7 Å². The van der Waals surface area contributed by atoms with E-state index in [1.54, 1.807) is 11.3 Å². The Morgan fingerprint density at radius 3 is 2.84 bits per heavy atom. The van der Waals surface area contributed by atoms with Crippen LogP contribution in [0.25, 0.3) is 0 Å². The van der Waals surface area contributed by atoms with Crippen LogP contribution in [0.4, 0.5) is 0 Å². The van der Waals surface area contributed by atoms with Crippen LogP contribution in [0.1, 0.15) is 22.4 Å². The molecular formula is C19H23N3O2S. The van der Waals surface area contributed by atoms with Gasteiger partial charge < -0.3 is 9.64 Å². The molecule has 5 nitrogen and oxygen atoms in total. The standard InChI is InChI=1S/C19H23N3O2S/c23-19(13-24-17-7-6-14-3-1-4-15(14)9-17)22(16-10-20-21-11-16)12-18-5-2-8-25-18/h2,5-9,16,20-21H,1,3-4,10-13H2. The summed E-state index contributed by atoms with van der Waals surface area (Å²) < 4.78 is 5.82. The Balaban J connectivity index is 1.41. The average molecular weight is 357 g/mol. The highest BCUT2D eigenvalue weighted by Gasteiger charge is 2.27. The van der Waals surface area contributed by atoms with E-state index in [-0.39, 0.29) is 18.6 Å². The van der Waals surface area contributed by atoms with Gasteiger partial charge in [0.05, 0.1) is 12.6 Å². The third kappa shape index (κ3) is 3.86. The summed E-state index contributed by atoms with van der Waals surface area (Å²) in [6.07, 6.45) is 3.49. The van der Waals surface area contributed by atoms with Crippen LogP contribution < -0.4 is 15.6 Å². The van der Waals surface area contributed by atoms with Gasteiger partial charge in [0.15, 0.2) is 6.61 Å². The summed E-state index contributed by atoms with van der Waals surface area (Å²) in [5.41, 5.74) is 9.00. The van der Waals surface area contributed by atoms with Crippen LogP contribution in [0, 0.1) is 0 Å². The van der Waals surface area contributed by atoms with E-state index in [1.807, 2.05) is 22.4 Å². The van der Waals surface area contributed by atoms with E-state index in [4.69, 9.17) is 4.74 Å². The van der Waals surface area contributed by atoms with E-state index in [1.165, 1.54) is 22.4 Å². The fourth-order valence-electron chi connectivity index (χ4n) is 3.53. The second-order valence-corrected chi connectivity index (χ2v) is 7.62. The molecule has 1 aliphatic carbocycles. The molecule has 0 radical (unpaired) electrons. The van der Waals surface area contributed by atoms with E-state index in [9.17, 15) is 4.79 Å². The number of amides is 1. The lowest BCUT2D eigenvalue weighted by Crippen LogP contribution is -2.44. The van der Waals surface area contributed by atoms with Gasteiger partial charge in [-0.2, -0.15) is 0 Å². The van der Waals surface area contributed by atoms with Crippen molar-refractivity contribution in [1.29, 1.82) is 0 Å². The van der Waals surface area contributed by atoms with Crippen LogP contribution in [0.5, 0.6) is 5.75 Å². The summed E-state index contributed by atoms with van der Waals surface area (Å²) in [6.45, 7) is 2.24. The molecule has 2 aliphatic rings. The van der Waals surface area contributed by atoms with Gasteiger partial charge in [0, 0.05) is 18.0 Å². The molecule has 1 aliphatic heterocycles. The maximum absolute atomic E-state index is 12.8. The summed E-state index contributed by atoms with van der Waals surface area (Å²) in [5.74, 6) is 0.831. The maximum atomic E-state index is 12.8. The molecule has 1 amide bonds. The second-order valence-electron chi connectivity index (χ2n) is 6.59. The number of hydrogen-bond acceptors (Lipinski definition) is 5. The molecule has 2 aromatic rings. The number of ether oxygens (including phenoxy) is 1. The van der Waals surface area contributed by atoms with Crippen LogP contribution in [-0.4, -0.2) is 36.5 Å². The molecule has 1 aromatic carbocycles. The van der Waals surface area contributed by atoms with Gasteiger partial charge >= 0.3 is 0 Å². The van der Waals surface area contributed by atoms with Crippen LogP contribution in [-0.2, 0) is 24.2 Å². The zero-order chi connectivity index (χ0) is 17.1. The molecule has 25 heavy (non-hydrogen) atoms. The number of nitrogens with zero attached hydrogens (tertiary/aromatic N) is 1. The van der Waals surface area contributed by atoms with Crippen molar-refractivity contribution in [3.05, 3.63) is 51.7 Å². The van der Waals surface area contributed by atoms with Gasteiger partial charge in [0.2, 0.25) is 0 Å².